The van der Waals surface area contributed by atoms with Gasteiger partial charge >= 0.3 is 0 Å². The Balaban J connectivity index is 1.68. The Kier molecular flexibility index (Phi) is 3.98. The molecule has 0 atom stereocenters. The molecule has 0 saturated heterocycles. The van der Waals surface area contributed by atoms with E-state index < -0.39 is 0 Å². The van der Waals surface area contributed by atoms with Crippen molar-refractivity contribution in [2.75, 3.05) is 13.7 Å². The summed E-state index contributed by atoms with van der Waals surface area (Å²) in [5.41, 5.74) is 1.65. The normalized spacial score (nSPS) is 17.9. The first-order chi connectivity index (χ1) is 9.78. The molecule has 0 unspecified atom stereocenters. The van der Waals surface area contributed by atoms with Crippen LogP contribution >= 0.6 is 11.3 Å². The van der Waals surface area contributed by atoms with E-state index in [9.17, 15) is 0 Å². The number of thiazole rings is 1. The van der Waals surface area contributed by atoms with Gasteiger partial charge in [-0.3, -0.25) is 4.40 Å². The molecule has 0 radical (unpaired) electrons. The Bertz CT molecular complexity index is 569. The van der Waals surface area contributed by atoms with Crippen LogP contribution in [0.5, 0.6) is 5.88 Å². The lowest BCUT2D eigenvalue weighted by atomic mass is 9.83. The smallest absolute Gasteiger partial charge is 0.237 e. The highest BCUT2D eigenvalue weighted by atomic mass is 32.1. The predicted molar refractivity (Wildman–Crippen MR) is 82.5 cm³/mol. The molecule has 3 rings (SSSR count). The van der Waals surface area contributed by atoms with Gasteiger partial charge in [0.25, 0.3) is 0 Å². The highest BCUT2D eigenvalue weighted by molar-refractivity contribution is 7.15. The molecule has 2 aromatic rings. The van der Waals surface area contributed by atoms with Crippen LogP contribution in [0, 0.1) is 5.41 Å². The first-order valence-corrected chi connectivity index (χ1v) is 8.35. The van der Waals surface area contributed by atoms with Crippen molar-refractivity contribution >= 4 is 16.3 Å². The summed E-state index contributed by atoms with van der Waals surface area (Å²) in [5.74, 6) is 0.751. The molecular weight excluding hydrogens is 270 g/mol. The van der Waals surface area contributed by atoms with E-state index in [1.165, 1.54) is 32.1 Å². The molecule has 5 heteroatoms. The van der Waals surface area contributed by atoms with E-state index in [1.807, 2.05) is 0 Å². The van der Waals surface area contributed by atoms with E-state index in [1.54, 1.807) is 18.4 Å². The molecule has 1 saturated carbocycles. The van der Waals surface area contributed by atoms with Crippen molar-refractivity contribution in [1.29, 1.82) is 0 Å². The van der Waals surface area contributed by atoms with E-state index >= 15 is 0 Å². The number of aromatic nitrogens is 2. The van der Waals surface area contributed by atoms with Gasteiger partial charge < -0.3 is 10.1 Å². The molecule has 1 aliphatic rings. The fourth-order valence-corrected chi connectivity index (χ4v) is 4.09. The summed E-state index contributed by atoms with van der Waals surface area (Å²) in [6.45, 7) is 4.25. The molecule has 0 spiro atoms. The third kappa shape index (κ3) is 2.44. The van der Waals surface area contributed by atoms with E-state index in [0.717, 1.165) is 29.6 Å². The Morgan fingerprint density at radius 2 is 2.25 bits per heavy atom. The Morgan fingerprint density at radius 3 is 2.95 bits per heavy atom. The van der Waals surface area contributed by atoms with Gasteiger partial charge in [-0.15, -0.1) is 11.3 Å². The first kappa shape index (κ1) is 13.9. The minimum atomic E-state index is 0.520. The summed E-state index contributed by atoms with van der Waals surface area (Å²) in [5, 5.41) is 5.71. The fourth-order valence-electron chi connectivity index (χ4n) is 3.36. The van der Waals surface area contributed by atoms with Crippen LogP contribution in [0.4, 0.5) is 0 Å². The monoisotopic (exact) mass is 293 g/mol. The van der Waals surface area contributed by atoms with Gasteiger partial charge in [0.1, 0.15) is 5.69 Å². The summed E-state index contributed by atoms with van der Waals surface area (Å²) in [7, 11) is 1.69. The van der Waals surface area contributed by atoms with E-state index in [0.29, 0.717) is 5.41 Å². The maximum atomic E-state index is 5.40. The van der Waals surface area contributed by atoms with Crippen LogP contribution < -0.4 is 10.1 Å². The molecule has 4 nitrogen and oxygen atoms in total. The van der Waals surface area contributed by atoms with E-state index in [2.05, 4.69) is 33.2 Å². The third-order valence-corrected chi connectivity index (χ3v) is 5.48. The second-order valence-electron chi connectivity index (χ2n) is 5.79. The summed E-state index contributed by atoms with van der Waals surface area (Å²) >= 11 is 1.64. The molecular formula is C15H23N3OS. The molecule has 1 N–H and O–H groups in total. The highest BCUT2D eigenvalue weighted by Gasteiger charge is 2.31. The lowest BCUT2D eigenvalue weighted by Crippen LogP contribution is -2.31. The number of nitrogens with one attached hydrogen (secondary N) is 1. The van der Waals surface area contributed by atoms with Gasteiger partial charge in [0.15, 0.2) is 4.96 Å². The summed E-state index contributed by atoms with van der Waals surface area (Å²) < 4.78 is 7.53. The maximum absolute atomic E-state index is 5.40. The Hall–Kier alpha value is -1.07. The standard InChI is InChI=1S/C15H23N3OS/c1-3-15(6-4-5-7-15)11-16-10-12-13(19-2)17-14-18(12)8-9-20-14/h8-9,16H,3-7,10-11H2,1-2H3. The maximum Gasteiger partial charge on any atom is 0.237 e. The van der Waals surface area contributed by atoms with Crippen molar-refractivity contribution in [3.05, 3.63) is 17.3 Å². The zero-order valence-corrected chi connectivity index (χ0v) is 13.1. The molecule has 0 aliphatic heterocycles. The second-order valence-corrected chi connectivity index (χ2v) is 6.66. The average molecular weight is 293 g/mol. The summed E-state index contributed by atoms with van der Waals surface area (Å²) in [6, 6.07) is 0. The number of hydrogen-bond donors (Lipinski definition) is 1. The number of methoxy groups -OCH3 is 1. The van der Waals surface area contributed by atoms with E-state index in [4.69, 9.17) is 4.74 Å². The fraction of sp³-hybridized carbons (Fsp3) is 0.667. The Labute approximate surface area is 124 Å². The lowest BCUT2D eigenvalue weighted by molar-refractivity contribution is 0.267. The quantitative estimate of drug-likeness (QED) is 0.886. The van der Waals surface area contributed by atoms with Crippen LogP contribution in [-0.2, 0) is 6.54 Å². The van der Waals surface area contributed by atoms with Gasteiger partial charge in [-0.05, 0) is 24.7 Å². The number of imidazole rings is 1. The van der Waals surface area contributed by atoms with Gasteiger partial charge in [-0.25, -0.2) is 0 Å². The molecule has 0 bridgehead atoms. The third-order valence-electron chi connectivity index (χ3n) is 4.72. The molecule has 20 heavy (non-hydrogen) atoms. The number of hydrogen-bond acceptors (Lipinski definition) is 4. The largest absolute Gasteiger partial charge is 0.480 e. The van der Waals surface area contributed by atoms with Crippen LogP contribution in [0.25, 0.3) is 4.96 Å². The lowest BCUT2D eigenvalue weighted by Gasteiger charge is -2.27. The van der Waals surface area contributed by atoms with Crippen LogP contribution in [-0.4, -0.2) is 23.0 Å². The van der Waals surface area contributed by atoms with Crippen molar-refractivity contribution in [2.24, 2.45) is 5.41 Å². The summed E-state index contributed by atoms with van der Waals surface area (Å²) in [6.07, 6.45) is 8.86. The summed E-state index contributed by atoms with van der Waals surface area (Å²) in [4.78, 5) is 5.50. The van der Waals surface area contributed by atoms with Gasteiger partial charge in [0.2, 0.25) is 5.88 Å². The molecule has 0 amide bonds. The van der Waals surface area contributed by atoms with E-state index in [-0.39, 0.29) is 0 Å². The molecule has 2 heterocycles. The zero-order valence-electron chi connectivity index (χ0n) is 12.3. The topological polar surface area (TPSA) is 38.6 Å². The van der Waals surface area contributed by atoms with Crippen molar-refractivity contribution in [1.82, 2.24) is 14.7 Å². The number of ether oxygens (including phenoxy) is 1. The van der Waals surface area contributed by atoms with Crippen LogP contribution in [0.1, 0.15) is 44.7 Å². The molecule has 110 valence electrons. The van der Waals surface area contributed by atoms with Crippen LogP contribution in [0.15, 0.2) is 11.6 Å². The molecule has 2 aromatic heterocycles. The zero-order chi connectivity index (χ0) is 14.0. The minimum Gasteiger partial charge on any atom is -0.480 e. The SMILES string of the molecule is CCC1(CNCc2c(OC)nc3sccn23)CCCC1. The number of rotatable bonds is 6. The van der Waals surface area contributed by atoms with Gasteiger partial charge in [0, 0.05) is 24.7 Å². The minimum absolute atomic E-state index is 0.520. The van der Waals surface area contributed by atoms with Crippen molar-refractivity contribution < 1.29 is 4.74 Å². The first-order valence-electron chi connectivity index (χ1n) is 7.47. The predicted octanol–water partition coefficient (Wildman–Crippen LogP) is 3.46. The number of fused-ring (bicyclic) bond motifs is 1. The highest BCUT2D eigenvalue weighted by Crippen LogP contribution is 2.40. The van der Waals surface area contributed by atoms with Crippen LogP contribution in [0.2, 0.25) is 0 Å². The van der Waals surface area contributed by atoms with Crippen molar-refractivity contribution in [3.8, 4) is 5.88 Å². The molecule has 1 aliphatic carbocycles. The Morgan fingerprint density at radius 1 is 1.45 bits per heavy atom. The molecule has 1 fully saturated rings. The average Bonchev–Trinajstić information content (AvgIpc) is 3.15. The van der Waals surface area contributed by atoms with Gasteiger partial charge in [-0.2, -0.15) is 4.98 Å². The van der Waals surface area contributed by atoms with Crippen LogP contribution in [0.3, 0.4) is 0 Å². The van der Waals surface area contributed by atoms with Crippen molar-refractivity contribution in [3.63, 3.8) is 0 Å². The number of nitrogens with zero attached hydrogens (tertiary/aromatic N) is 2. The van der Waals surface area contributed by atoms with Gasteiger partial charge in [0.05, 0.1) is 7.11 Å². The van der Waals surface area contributed by atoms with Gasteiger partial charge in [-0.1, -0.05) is 19.8 Å². The second kappa shape index (κ2) is 5.74. The van der Waals surface area contributed by atoms with Crippen molar-refractivity contribution in [2.45, 2.75) is 45.6 Å². The molecule has 0 aromatic carbocycles.